The van der Waals surface area contributed by atoms with Crippen molar-refractivity contribution in [2.24, 2.45) is 5.73 Å². The van der Waals surface area contributed by atoms with Crippen molar-refractivity contribution in [3.63, 3.8) is 0 Å². The molecule has 4 rings (SSSR count). The molecule has 3 heteroatoms. The lowest BCUT2D eigenvalue weighted by molar-refractivity contribution is 0.107. The zero-order valence-corrected chi connectivity index (χ0v) is 10.3. The summed E-state index contributed by atoms with van der Waals surface area (Å²) >= 11 is 0. The Balaban J connectivity index is 0.000000963. The average Bonchev–Trinajstić information content (AvgIpc) is 2.32. The van der Waals surface area contributed by atoms with E-state index in [1.807, 2.05) is 12.4 Å². The standard InChI is InChI=1S/C13H18N2.ClH/c14-13-6-3-12(4-7-13,5-8-13)11-1-9-15-10-2-11;/h1-2,9-10H,3-8,14H2;1H. The number of fused-ring (bicyclic) bond motifs is 3. The van der Waals surface area contributed by atoms with Crippen molar-refractivity contribution in [2.75, 3.05) is 0 Å². The molecule has 1 heterocycles. The van der Waals surface area contributed by atoms with Crippen LogP contribution >= 0.6 is 12.4 Å². The van der Waals surface area contributed by atoms with Gasteiger partial charge in [-0.05, 0) is 61.6 Å². The first kappa shape index (κ1) is 11.9. The lowest BCUT2D eigenvalue weighted by Gasteiger charge is -2.52. The number of nitrogens with zero attached hydrogens (tertiary/aromatic N) is 1. The third kappa shape index (κ3) is 1.74. The molecule has 0 radical (unpaired) electrons. The number of halogens is 1. The third-order valence-corrected chi connectivity index (χ3v) is 4.60. The Kier molecular flexibility index (Phi) is 2.97. The predicted molar refractivity (Wildman–Crippen MR) is 67.8 cm³/mol. The highest BCUT2D eigenvalue weighted by atomic mass is 35.5. The van der Waals surface area contributed by atoms with Crippen molar-refractivity contribution >= 4 is 12.4 Å². The maximum absolute atomic E-state index is 6.32. The minimum atomic E-state index is 0. The van der Waals surface area contributed by atoms with Crippen LogP contribution in [0, 0.1) is 0 Å². The van der Waals surface area contributed by atoms with Gasteiger partial charge < -0.3 is 5.73 Å². The van der Waals surface area contributed by atoms with Crippen molar-refractivity contribution < 1.29 is 0 Å². The summed E-state index contributed by atoms with van der Waals surface area (Å²) in [6.45, 7) is 0. The van der Waals surface area contributed by atoms with E-state index in [9.17, 15) is 0 Å². The molecule has 2 N–H and O–H groups in total. The van der Waals surface area contributed by atoms with Crippen LogP contribution in [0.4, 0.5) is 0 Å². The lowest BCUT2D eigenvalue weighted by Crippen LogP contribution is -2.53. The number of rotatable bonds is 1. The zero-order chi connectivity index (χ0) is 10.4. The molecule has 3 aliphatic rings. The highest BCUT2D eigenvalue weighted by molar-refractivity contribution is 5.85. The summed E-state index contributed by atoms with van der Waals surface area (Å²) in [4.78, 5) is 4.11. The monoisotopic (exact) mass is 238 g/mol. The van der Waals surface area contributed by atoms with Gasteiger partial charge >= 0.3 is 0 Å². The summed E-state index contributed by atoms with van der Waals surface area (Å²) in [5.41, 5.74) is 8.42. The molecular weight excluding hydrogens is 220 g/mol. The first-order valence-corrected chi connectivity index (χ1v) is 5.92. The maximum atomic E-state index is 6.32. The second kappa shape index (κ2) is 4.01. The highest BCUT2D eigenvalue weighted by Crippen LogP contribution is 2.52. The van der Waals surface area contributed by atoms with E-state index >= 15 is 0 Å². The Labute approximate surface area is 103 Å². The third-order valence-electron chi connectivity index (χ3n) is 4.60. The predicted octanol–water partition coefficient (Wildman–Crippen LogP) is 2.81. The van der Waals surface area contributed by atoms with Crippen molar-refractivity contribution in [3.05, 3.63) is 30.1 Å². The molecule has 0 atom stereocenters. The highest BCUT2D eigenvalue weighted by Gasteiger charge is 2.47. The topological polar surface area (TPSA) is 38.9 Å². The largest absolute Gasteiger partial charge is 0.325 e. The van der Waals surface area contributed by atoms with Crippen molar-refractivity contribution in [1.29, 1.82) is 0 Å². The molecular formula is C13H19ClN2. The van der Waals surface area contributed by atoms with Crippen molar-refractivity contribution in [3.8, 4) is 0 Å². The first-order chi connectivity index (χ1) is 7.23. The van der Waals surface area contributed by atoms with Gasteiger partial charge in [0.25, 0.3) is 0 Å². The lowest BCUT2D eigenvalue weighted by atomic mass is 9.55. The summed E-state index contributed by atoms with van der Waals surface area (Å²) in [6.07, 6.45) is 11.3. The summed E-state index contributed by atoms with van der Waals surface area (Å²) in [6, 6.07) is 4.38. The molecule has 3 saturated carbocycles. The van der Waals surface area contributed by atoms with Gasteiger partial charge in [-0.1, -0.05) is 0 Å². The minimum Gasteiger partial charge on any atom is -0.325 e. The molecule has 0 amide bonds. The number of aromatic nitrogens is 1. The zero-order valence-electron chi connectivity index (χ0n) is 9.48. The van der Waals surface area contributed by atoms with Gasteiger partial charge in [0, 0.05) is 17.9 Å². The summed E-state index contributed by atoms with van der Waals surface area (Å²) in [7, 11) is 0. The number of nitrogens with two attached hydrogens (primary N) is 1. The van der Waals surface area contributed by atoms with Crippen LogP contribution in [0.1, 0.15) is 44.1 Å². The van der Waals surface area contributed by atoms with Crippen LogP contribution in [-0.2, 0) is 5.41 Å². The number of hydrogen-bond acceptors (Lipinski definition) is 2. The molecule has 1 aromatic rings. The second-order valence-electron chi connectivity index (χ2n) is 5.38. The van der Waals surface area contributed by atoms with Crippen LogP contribution < -0.4 is 5.73 Å². The van der Waals surface area contributed by atoms with Crippen molar-refractivity contribution in [2.45, 2.75) is 49.5 Å². The smallest absolute Gasteiger partial charge is 0.0270 e. The molecule has 2 nitrogen and oxygen atoms in total. The van der Waals surface area contributed by atoms with Gasteiger partial charge in [0.1, 0.15) is 0 Å². The molecule has 0 aliphatic heterocycles. The van der Waals surface area contributed by atoms with Crippen LogP contribution in [0.3, 0.4) is 0 Å². The second-order valence-corrected chi connectivity index (χ2v) is 5.38. The quantitative estimate of drug-likeness (QED) is 0.817. The fourth-order valence-electron chi connectivity index (χ4n) is 3.35. The van der Waals surface area contributed by atoms with Gasteiger partial charge in [0.2, 0.25) is 0 Å². The van der Waals surface area contributed by atoms with Gasteiger partial charge in [-0.25, -0.2) is 0 Å². The Morgan fingerprint density at radius 1 is 0.938 bits per heavy atom. The summed E-state index contributed by atoms with van der Waals surface area (Å²) in [5, 5.41) is 0. The Hall–Kier alpha value is -0.600. The van der Waals surface area contributed by atoms with E-state index in [4.69, 9.17) is 5.73 Å². The Bertz CT molecular complexity index is 339. The average molecular weight is 239 g/mol. The van der Waals surface area contributed by atoms with E-state index in [-0.39, 0.29) is 17.9 Å². The molecule has 3 fully saturated rings. The van der Waals surface area contributed by atoms with Crippen LogP contribution in [0.5, 0.6) is 0 Å². The van der Waals surface area contributed by atoms with E-state index in [0.29, 0.717) is 5.41 Å². The van der Waals surface area contributed by atoms with Gasteiger partial charge in [-0.3, -0.25) is 4.98 Å². The molecule has 0 aromatic carbocycles. The van der Waals surface area contributed by atoms with E-state index in [1.165, 1.54) is 44.1 Å². The SMILES string of the molecule is Cl.NC12CCC(c3ccncc3)(CC1)CC2. The first-order valence-electron chi connectivity index (χ1n) is 5.92. The number of hydrogen-bond donors (Lipinski definition) is 1. The summed E-state index contributed by atoms with van der Waals surface area (Å²) < 4.78 is 0. The molecule has 16 heavy (non-hydrogen) atoms. The van der Waals surface area contributed by atoms with E-state index in [0.717, 1.165) is 0 Å². The van der Waals surface area contributed by atoms with Crippen LogP contribution in [0.15, 0.2) is 24.5 Å². The van der Waals surface area contributed by atoms with E-state index in [1.54, 1.807) is 0 Å². The van der Waals surface area contributed by atoms with E-state index in [2.05, 4.69) is 17.1 Å². The molecule has 88 valence electrons. The van der Waals surface area contributed by atoms with E-state index < -0.39 is 0 Å². The molecule has 2 bridgehead atoms. The fraction of sp³-hybridized carbons (Fsp3) is 0.615. The van der Waals surface area contributed by atoms with Gasteiger partial charge in [0.15, 0.2) is 0 Å². The van der Waals surface area contributed by atoms with Crippen molar-refractivity contribution in [1.82, 2.24) is 4.98 Å². The van der Waals surface area contributed by atoms with Gasteiger partial charge in [-0.2, -0.15) is 0 Å². The molecule has 0 spiro atoms. The Morgan fingerprint density at radius 2 is 1.44 bits per heavy atom. The van der Waals surface area contributed by atoms with Crippen LogP contribution in [-0.4, -0.2) is 10.5 Å². The molecule has 0 saturated heterocycles. The van der Waals surface area contributed by atoms with Crippen LogP contribution in [0.25, 0.3) is 0 Å². The fourth-order valence-corrected chi connectivity index (χ4v) is 3.35. The Morgan fingerprint density at radius 3 is 1.94 bits per heavy atom. The van der Waals surface area contributed by atoms with Gasteiger partial charge in [-0.15, -0.1) is 12.4 Å². The molecule has 1 aromatic heterocycles. The maximum Gasteiger partial charge on any atom is 0.0270 e. The minimum absolute atomic E-state index is 0. The summed E-state index contributed by atoms with van der Waals surface area (Å²) in [5.74, 6) is 0. The normalized spacial score (nSPS) is 36.8. The molecule has 0 unspecified atom stereocenters. The molecule has 3 aliphatic carbocycles. The van der Waals surface area contributed by atoms with Gasteiger partial charge in [0.05, 0.1) is 0 Å². The van der Waals surface area contributed by atoms with Crippen LogP contribution in [0.2, 0.25) is 0 Å². The number of pyridine rings is 1.